The summed E-state index contributed by atoms with van der Waals surface area (Å²) in [4.78, 5) is 16.2. The van der Waals surface area contributed by atoms with Gasteiger partial charge >= 0.3 is 0 Å². The number of para-hydroxylation sites is 3. The SMILES string of the molecule is c1ccc(-c2ccc(-c3cc(-c4ccc(-c5ccccc5)cc4)nc(-c4ccc(-c5nc6ccccc6c6c5c5ccccc5n6-c5ccccc5)c5ccccc45)n3)cc2)cc1. The zero-order valence-corrected chi connectivity index (χ0v) is 34.2. The molecule has 3 aromatic heterocycles. The quantitative estimate of drug-likeness (QED) is 0.161. The second-order valence-electron chi connectivity index (χ2n) is 15.9. The van der Waals surface area contributed by atoms with E-state index in [1.807, 2.05) is 12.1 Å². The highest BCUT2D eigenvalue weighted by atomic mass is 15.0. The second-order valence-corrected chi connectivity index (χ2v) is 15.9. The molecule has 0 bridgehead atoms. The molecule has 0 aliphatic rings. The number of benzene rings is 9. The first-order chi connectivity index (χ1) is 31.2. The lowest BCUT2D eigenvalue weighted by Gasteiger charge is -2.15. The molecule has 3 heterocycles. The summed E-state index contributed by atoms with van der Waals surface area (Å²) in [5.74, 6) is 0.668. The van der Waals surface area contributed by atoms with Gasteiger partial charge < -0.3 is 4.57 Å². The van der Waals surface area contributed by atoms with Crippen molar-refractivity contribution in [1.29, 1.82) is 0 Å². The van der Waals surface area contributed by atoms with Crippen LogP contribution in [-0.4, -0.2) is 19.5 Å². The number of nitrogens with zero attached hydrogens (tertiary/aromatic N) is 4. The molecule has 9 aromatic carbocycles. The average Bonchev–Trinajstić information content (AvgIpc) is 3.72. The maximum atomic E-state index is 5.50. The molecule has 0 amide bonds. The Morgan fingerprint density at radius 2 is 0.762 bits per heavy atom. The summed E-state index contributed by atoms with van der Waals surface area (Å²) in [5, 5.41) is 5.56. The van der Waals surface area contributed by atoms with Crippen LogP contribution < -0.4 is 0 Å². The second kappa shape index (κ2) is 15.2. The summed E-state index contributed by atoms with van der Waals surface area (Å²) in [6.07, 6.45) is 0. The van der Waals surface area contributed by atoms with Crippen LogP contribution in [0.4, 0.5) is 0 Å². The Hall–Kier alpha value is -8.47. The first-order valence-electron chi connectivity index (χ1n) is 21.4. The van der Waals surface area contributed by atoms with Crippen LogP contribution >= 0.6 is 0 Å². The highest BCUT2D eigenvalue weighted by Crippen LogP contribution is 2.44. The molecule has 0 fully saturated rings. The van der Waals surface area contributed by atoms with Gasteiger partial charge in [-0.2, -0.15) is 0 Å². The van der Waals surface area contributed by atoms with Crippen LogP contribution in [0.5, 0.6) is 0 Å². The molecule has 0 saturated carbocycles. The van der Waals surface area contributed by atoms with Crippen LogP contribution in [0.25, 0.3) is 117 Å². The molecule has 0 atom stereocenters. The van der Waals surface area contributed by atoms with Crippen LogP contribution in [0.2, 0.25) is 0 Å². The fourth-order valence-electron chi connectivity index (χ4n) is 9.21. The van der Waals surface area contributed by atoms with E-state index in [1.54, 1.807) is 0 Å². The van der Waals surface area contributed by atoms with Crippen molar-refractivity contribution >= 4 is 43.5 Å². The van der Waals surface area contributed by atoms with Crippen molar-refractivity contribution in [2.45, 2.75) is 0 Å². The number of hydrogen-bond acceptors (Lipinski definition) is 3. The Morgan fingerprint density at radius 1 is 0.317 bits per heavy atom. The van der Waals surface area contributed by atoms with Crippen molar-refractivity contribution in [2.75, 3.05) is 0 Å². The van der Waals surface area contributed by atoms with Gasteiger partial charge in [-0.15, -0.1) is 0 Å². The molecule has 4 heteroatoms. The zero-order valence-electron chi connectivity index (χ0n) is 34.2. The third kappa shape index (κ3) is 6.36. The van der Waals surface area contributed by atoms with E-state index in [9.17, 15) is 0 Å². The van der Waals surface area contributed by atoms with Crippen molar-refractivity contribution in [3.8, 4) is 73.1 Å². The minimum absolute atomic E-state index is 0.668. The minimum atomic E-state index is 0.668. The van der Waals surface area contributed by atoms with Gasteiger partial charge in [-0.1, -0.05) is 194 Å². The Balaban J connectivity index is 1.06. The molecule has 0 aliphatic heterocycles. The van der Waals surface area contributed by atoms with E-state index < -0.39 is 0 Å². The molecule has 0 N–H and O–H groups in total. The topological polar surface area (TPSA) is 43.6 Å². The van der Waals surface area contributed by atoms with Crippen molar-refractivity contribution in [1.82, 2.24) is 19.5 Å². The summed E-state index contributed by atoms with van der Waals surface area (Å²) in [7, 11) is 0. The largest absolute Gasteiger partial charge is 0.308 e. The number of aromatic nitrogens is 4. The monoisotopic (exact) mass is 802 g/mol. The van der Waals surface area contributed by atoms with Crippen LogP contribution in [0.15, 0.2) is 231 Å². The molecule has 4 nitrogen and oxygen atoms in total. The van der Waals surface area contributed by atoms with Crippen molar-refractivity contribution in [2.24, 2.45) is 0 Å². The predicted molar refractivity (Wildman–Crippen MR) is 262 cm³/mol. The summed E-state index contributed by atoms with van der Waals surface area (Å²) >= 11 is 0. The van der Waals surface area contributed by atoms with E-state index in [-0.39, 0.29) is 0 Å². The highest BCUT2D eigenvalue weighted by Gasteiger charge is 2.23. The van der Waals surface area contributed by atoms with Gasteiger partial charge in [-0.25, -0.2) is 15.0 Å². The maximum Gasteiger partial charge on any atom is 0.161 e. The molecular weight excluding hydrogens is 765 g/mol. The third-order valence-corrected chi connectivity index (χ3v) is 12.2. The van der Waals surface area contributed by atoms with E-state index in [1.165, 1.54) is 11.1 Å². The smallest absolute Gasteiger partial charge is 0.161 e. The lowest BCUT2D eigenvalue weighted by molar-refractivity contribution is 1.18. The third-order valence-electron chi connectivity index (χ3n) is 12.2. The van der Waals surface area contributed by atoms with Crippen LogP contribution in [0.1, 0.15) is 0 Å². The Labute approximate surface area is 365 Å². The van der Waals surface area contributed by atoms with E-state index in [0.717, 1.165) is 99.6 Å². The minimum Gasteiger partial charge on any atom is -0.308 e. The zero-order chi connectivity index (χ0) is 41.7. The fourth-order valence-corrected chi connectivity index (χ4v) is 9.21. The molecule has 0 spiro atoms. The van der Waals surface area contributed by atoms with Crippen molar-refractivity contribution in [3.63, 3.8) is 0 Å². The average molecular weight is 803 g/mol. The summed E-state index contributed by atoms with van der Waals surface area (Å²) < 4.78 is 2.40. The van der Waals surface area contributed by atoms with E-state index >= 15 is 0 Å². The van der Waals surface area contributed by atoms with Gasteiger partial charge in [-0.3, -0.25) is 0 Å². The summed E-state index contributed by atoms with van der Waals surface area (Å²) in [5.41, 5.74) is 15.8. The lowest BCUT2D eigenvalue weighted by atomic mass is 9.94. The molecule has 0 radical (unpaired) electrons. The Bertz CT molecular complexity index is 3530. The molecule has 0 saturated heterocycles. The molecule has 12 rings (SSSR count). The van der Waals surface area contributed by atoms with Gasteiger partial charge in [0.05, 0.1) is 33.6 Å². The van der Waals surface area contributed by atoms with Crippen LogP contribution in [0.3, 0.4) is 0 Å². The number of pyridine rings is 1. The molecule has 0 unspecified atom stereocenters. The van der Waals surface area contributed by atoms with Gasteiger partial charge in [0.2, 0.25) is 0 Å². The number of hydrogen-bond donors (Lipinski definition) is 0. The van der Waals surface area contributed by atoms with E-state index in [4.69, 9.17) is 15.0 Å². The number of fused-ring (bicyclic) bond motifs is 6. The lowest BCUT2D eigenvalue weighted by Crippen LogP contribution is -1.98. The van der Waals surface area contributed by atoms with Gasteiger partial charge in [0, 0.05) is 44.1 Å². The number of rotatable bonds is 7. The van der Waals surface area contributed by atoms with E-state index in [2.05, 4.69) is 223 Å². The van der Waals surface area contributed by atoms with Gasteiger partial charge in [0.25, 0.3) is 0 Å². The van der Waals surface area contributed by atoms with Crippen molar-refractivity contribution in [3.05, 3.63) is 231 Å². The molecule has 0 aliphatic carbocycles. The Morgan fingerprint density at radius 3 is 1.37 bits per heavy atom. The summed E-state index contributed by atoms with van der Waals surface area (Å²) in [6.45, 7) is 0. The Kier molecular flexibility index (Phi) is 8.79. The van der Waals surface area contributed by atoms with Crippen molar-refractivity contribution < 1.29 is 0 Å². The van der Waals surface area contributed by atoms with Gasteiger partial charge in [0.1, 0.15) is 0 Å². The first-order valence-corrected chi connectivity index (χ1v) is 21.4. The van der Waals surface area contributed by atoms with Crippen LogP contribution in [0, 0.1) is 0 Å². The van der Waals surface area contributed by atoms with Gasteiger partial charge in [-0.05, 0) is 69.4 Å². The van der Waals surface area contributed by atoms with Gasteiger partial charge in [0.15, 0.2) is 5.82 Å². The molecular formula is C59H38N4. The fraction of sp³-hybridized carbons (Fsp3) is 0. The highest BCUT2D eigenvalue weighted by molar-refractivity contribution is 6.24. The predicted octanol–water partition coefficient (Wildman–Crippen LogP) is 15.3. The maximum absolute atomic E-state index is 5.50. The van der Waals surface area contributed by atoms with Crippen LogP contribution in [-0.2, 0) is 0 Å². The molecule has 63 heavy (non-hydrogen) atoms. The molecule has 12 aromatic rings. The summed E-state index contributed by atoms with van der Waals surface area (Å²) in [6, 6.07) is 81.4. The standard InChI is InChI=1S/C59H38N4/c1-4-16-39(17-5-1)41-28-32-43(33-29-41)53-38-54(44-34-30-42(31-35-44)40-18-6-2-7-19-40)62-59(61-53)49-37-36-48(46-22-10-11-23-47(46)49)57-56-51-25-13-15-27-55(51)63(45-20-8-3-9-21-45)58(56)50-24-12-14-26-52(50)60-57/h1-38H. The molecule has 294 valence electrons. The normalized spacial score (nSPS) is 11.5. The first kappa shape index (κ1) is 36.4. The van der Waals surface area contributed by atoms with E-state index in [0.29, 0.717) is 5.82 Å².